The molecule has 1 heterocycles. The Morgan fingerprint density at radius 2 is 1.71 bits per heavy atom. The van der Waals surface area contributed by atoms with Crippen LogP contribution in [0.5, 0.6) is 0 Å². The number of pyridine rings is 1. The van der Waals surface area contributed by atoms with Crippen molar-refractivity contribution in [2.24, 2.45) is 0 Å². The molecule has 24 heavy (non-hydrogen) atoms. The predicted octanol–water partition coefficient (Wildman–Crippen LogP) is 5.04. The Labute approximate surface area is 145 Å². The highest BCUT2D eigenvalue weighted by Crippen LogP contribution is 2.28. The summed E-state index contributed by atoms with van der Waals surface area (Å²) in [6, 6.07) is 18.3. The number of rotatable bonds is 4. The maximum atomic E-state index is 12.6. The van der Waals surface area contributed by atoms with E-state index in [1.807, 2.05) is 49.4 Å². The average Bonchev–Trinajstić information content (AvgIpc) is 2.60. The fraction of sp³-hybridized carbons (Fsp3) is 0.0526. The Bertz CT molecular complexity index is 865. The van der Waals surface area contributed by atoms with E-state index in [1.165, 1.54) is 0 Å². The molecule has 0 aliphatic carbocycles. The number of hydrogen-bond donors (Lipinski definition) is 2. The number of para-hydroxylation sites is 1. The molecule has 2 aromatic carbocycles. The van der Waals surface area contributed by atoms with Gasteiger partial charge in [-0.25, -0.2) is 4.98 Å². The summed E-state index contributed by atoms with van der Waals surface area (Å²) in [5, 5.41) is 6.75. The van der Waals surface area contributed by atoms with Crippen molar-refractivity contribution in [1.82, 2.24) is 4.98 Å². The molecule has 1 amide bonds. The third-order valence-corrected chi connectivity index (χ3v) is 4.02. The van der Waals surface area contributed by atoms with Gasteiger partial charge in [0.2, 0.25) is 0 Å². The van der Waals surface area contributed by atoms with Crippen LogP contribution in [0.4, 0.5) is 17.2 Å². The molecule has 0 aliphatic heterocycles. The van der Waals surface area contributed by atoms with E-state index in [1.54, 1.807) is 24.4 Å². The lowest BCUT2D eigenvalue weighted by atomic mass is 10.1. The number of anilines is 3. The van der Waals surface area contributed by atoms with Crippen LogP contribution >= 0.6 is 11.6 Å². The molecule has 3 aromatic rings. The van der Waals surface area contributed by atoms with Gasteiger partial charge < -0.3 is 10.6 Å². The second-order valence-corrected chi connectivity index (χ2v) is 5.66. The van der Waals surface area contributed by atoms with Crippen molar-refractivity contribution in [2.75, 3.05) is 10.6 Å². The summed E-state index contributed by atoms with van der Waals surface area (Å²) >= 11 is 6.16. The third-order valence-electron chi connectivity index (χ3n) is 3.62. The van der Waals surface area contributed by atoms with Gasteiger partial charge in [0.25, 0.3) is 5.91 Å². The minimum atomic E-state index is -0.225. The maximum Gasteiger partial charge on any atom is 0.258 e. The topological polar surface area (TPSA) is 54.0 Å². The van der Waals surface area contributed by atoms with Gasteiger partial charge in [-0.05, 0) is 48.9 Å². The number of benzene rings is 2. The van der Waals surface area contributed by atoms with E-state index in [-0.39, 0.29) is 5.91 Å². The van der Waals surface area contributed by atoms with Gasteiger partial charge in [0.15, 0.2) is 0 Å². The molecular weight excluding hydrogens is 322 g/mol. The zero-order valence-corrected chi connectivity index (χ0v) is 13.8. The first kappa shape index (κ1) is 16.0. The second-order valence-electron chi connectivity index (χ2n) is 5.25. The molecular formula is C19H16ClN3O. The van der Waals surface area contributed by atoms with Crippen LogP contribution in [0.15, 0.2) is 66.9 Å². The average molecular weight is 338 g/mol. The molecule has 0 saturated carbocycles. The molecule has 2 N–H and O–H groups in total. The van der Waals surface area contributed by atoms with Crippen molar-refractivity contribution in [3.8, 4) is 0 Å². The number of carbonyl (C=O) groups excluding carboxylic acids is 1. The molecule has 0 atom stereocenters. The summed E-state index contributed by atoms with van der Waals surface area (Å²) in [6.07, 6.45) is 1.63. The molecule has 0 spiro atoms. The summed E-state index contributed by atoms with van der Waals surface area (Å²) in [5.41, 5.74) is 3.03. The number of halogens is 1. The predicted molar refractivity (Wildman–Crippen MR) is 98.1 cm³/mol. The quantitative estimate of drug-likeness (QED) is 0.701. The zero-order valence-electron chi connectivity index (χ0n) is 13.1. The number of nitrogens with one attached hydrogen (secondary N) is 2. The van der Waals surface area contributed by atoms with E-state index in [9.17, 15) is 4.79 Å². The second kappa shape index (κ2) is 7.15. The van der Waals surface area contributed by atoms with Gasteiger partial charge in [-0.3, -0.25) is 4.79 Å². The molecule has 4 nitrogen and oxygen atoms in total. The molecule has 5 heteroatoms. The summed E-state index contributed by atoms with van der Waals surface area (Å²) in [7, 11) is 0. The van der Waals surface area contributed by atoms with E-state index in [0.29, 0.717) is 22.1 Å². The number of hydrogen-bond acceptors (Lipinski definition) is 3. The van der Waals surface area contributed by atoms with Crippen LogP contribution in [0.2, 0.25) is 5.02 Å². The van der Waals surface area contributed by atoms with Crippen molar-refractivity contribution < 1.29 is 4.79 Å². The van der Waals surface area contributed by atoms with E-state index in [2.05, 4.69) is 15.6 Å². The molecule has 0 unspecified atom stereocenters. The molecule has 0 bridgehead atoms. The monoisotopic (exact) mass is 337 g/mol. The van der Waals surface area contributed by atoms with Gasteiger partial charge in [-0.15, -0.1) is 0 Å². The summed E-state index contributed by atoms with van der Waals surface area (Å²) < 4.78 is 0. The van der Waals surface area contributed by atoms with Gasteiger partial charge in [0.1, 0.15) is 5.82 Å². The van der Waals surface area contributed by atoms with Gasteiger partial charge in [0, 0.05) is 16.9 Å². The summed E-state index contributed by atoms with van der Waals surface area (Å²) in [4.78, 5) is 16.7. The Kier molecular flexibility index (Phi) is 4.77. The Morgan fingerprint density at radius 3 is 2.50 bits per heavy atom. The Balaban J connectivity index is 1.88. The molecule has 0 radical (unpaired) electrons. The highest BCUT2D eigenvalue weighted by molar-refractivity contribution is 6.31. The first-order chi connectivity index (χ1) is 11.6. The first-order valence-electron chi connectivity index (χ1n) is 7.48. The normalized spacial score (nSPS) is 10.2. The van der Waals surface area contributed by atoms with Crippen molar-refractivity contribution in [1.29, 1.82) is 0 Å². The fourth-order valence-electron chi connectivity index (χ4n) is 2.30. The Morgan fingerprint density at radius 1 is 0.958 bits per heavy atom. The third kappa shape index (κ3) is 3.55. The van der Waals surface area contributed by atoms with E-state index < -0.39 is 0 Å². The molecule has 0 fully saturated rings. The standard InChI is InChI=1S/C19H16ClN3O/c1-13-15(20)8-6-10-16(13)22-17-9-3-2-7-14(17)19(24)23-18-11-4-5-12-21-18/h2-12,22H,1H3,(H,21,23,24). The van der Waals surface area contributed by atoms with Gasteiger partial charge in [-0.1, -0.05) is 35.9 Å². The largest absolute Gasteiger partial charge is 0.355 e. The highest BCUT2D eigenvalue weighted by Gasteiger charge is 2.13. The summed E-state index contributed by atoms with van der Waals surface area (Å²) in [5.74, 6) is 0.285. The van der Waals surface area contributed by atoms with Crippen LogP contribution in [0.3, 0.4) is 0 Å². The number of aromatic nitrogens is 1. The highest BCUT2D eigenvalue weighted by atomic mass is 35.5. The van der Waals surface area contributed by atoms with Gasteiger partial charge in [-0.2, -0.15) is 0 Å². The summed E-state index contributed by atoms with van der Waals surface area (Å²) in [6.45, 7) is 1.93. The van der Waals surface area contributed by atoms with Crippen molar-refractivity contribution in [3.63, 3.8) is 0 Å². The van der Waals surface area contributed by atoms with Crippen LogP contribution in [0.25, 0.3) is 0 Å². The lowest BCUT2D eigenvalue weighted by molar-refractivity contribution is 0.102. The molecule has 1 aromatic heterocycles. The minimum Gasteiger partial charge on any atom is -0.355 e. The lowest BCUT2D eigenvalue weighted by Gasteiger charge is -2.14. The molecule has 120 valence electrons. The van der Waals surface area contributed by atoms with Crippen LogP contribution in [0, 0.1) is 6.92 Å². The van der Waals surface area contributed by atoms with Crippen molar-refractivity contribution >= 4 is 34.7 Å². The van der Waals surface area contributed by atoms with E-state index >= 15 is 0 Å². The molecule has 0 saturated heterocycles. The van der Waals surface area contributed by atoms with Gasteiger partial charge >= 0.3 is 0 Å². The number of amides is 1. The number of nitrogens with zero attached hydrogens (tertiary/aromatic N) is 1. The van der Waals surface area contributed by atoms with Gasteiger partial charge in [0.05, 0.1) is 11.3 Å². The maximum absolute atomic E-state index is 12.6. The smallest absolute Gasteiger partial charge is 0.258 e. The van der Waals surface area contributed by atoms with Crippen LogP contribution < -0.4 is 10.6 Å². The van der Waals surface area contributed by atoms with E-state index in [4.69, 9.17) is 11.6 Å². The number of carbonyl (C=O) groups is 1. The SMILES string of the molecule is Cc1c(Cl)cccc1Nc1ccccc1C(=O)Nc1ccccn1. The van der Waals surface area contributed by atoms with Crippen LogP contribution in [-0.2, 0) is 0 Å². The lowest BCUT2D eigenvalue weighted by Crippen LogP contribution is -2.14. The Hall–Kier alpha value is -2.85. The molecule has 0 aliphatic rings. The van der Waals surface area contributed by atoms with E-state index in [0.717, 1.165) is 11.3 Å². The van der Waals surface area contributed by atoms with Crippen molar-refractivity contribution in [2.45, 2.75) is 6.92 Å². The first-order valence-corrected chi connectivity index (χ1v) is 7.86. The minimum absolute atomic E-state index is 0.225. The van der Waals surface area contributed by atoms with Crippen LogP contribution in [0.1, 0.15) is 15.9 Å². The fourth-order valence-corrected chi connectivity index (χ4v) is 2.47. The van der Waals surface area contributed by atoms with Crippen molar-refractivity contribution in [3.05, 3.63) is 83.0 Å². The zero-order chi connectivity index (χ0) is 16.9. The molecule has 3 rings (SSSR count). The van der Waals surface area contributed by atoms with Crippen LogP contribution in [-0.4, -0.2) is 10.9 Å².